The predicted octanol–water partition coefficient (Wildman–Crippen LogP) is 4.67. The van der Waals surface area contributed by atoms with Crippen molar-refractivity contribution in [1.82, 2.24) is 5.32 Å². The number of carbonyl (C=O) groups excluding carboxylic acids is 2. The van der Waals surface area contributed by atoms with E-state index in [2.05, 4.69) is 36.5 Å². The molecule has 0 atom stereocenters. The second-order valence-corrected chi connectivity index (χ2v) is 9.82. The van der Waals surface area contributed by atoms with Crippen molar-refractivity contribution in [2.75, 3.05) is 34.0 Å². The summed E-state index contributed by atoms with van der Waals surface area (Å²) < 4.78 is 21.9. The molecule has 1 saturated carbocycles. The van der Waals surface area contributed by atoms with E-state index in [1.54, 1.807) is 25.3 Å². The molecule has 0 spiro atoms. The van der Waals surface area contributed by atoms with E-state index in [1.165, 1.54) is 18.2 Å². The van der Waals surface area contributed by atoms with Gasteiger partial charge in [-0.2, -0.15) is 0 Å². The summed E-state index contributed by atoms with van der Waals surface area (Å²) in [6, 6.07) is 13.6. The summed E-state index contributed by atoms with van der Waals surface area (Å²) >= 11 is 0. The fourth-order valence-electron chi connectivity index (χ4n) is 5.08. The number of nitrogens with one attached hydrogen (secondary N) is 1. The monoisotopic (exact) mass is 495 g/mol. The van der Waals surface area contributed by atoms with Crippen molar-refractivity contribution in [1.29, 1.82) is 0 Å². The van der Waals surface area contributed by atoms with Crippen LogP contribution in [0.3, 0.4) is 0 Å². The van der Waals surface area contributed by atoms with E-state index in [4.69, 9.17) is 18.9 Å². The molecule has 1 heterocycles. The predicted molar refractivity (Wildman–Crippen MR) is 137 cm³/mol. The average molecular weight is 496 g/mol. The van der Waals surface area contributed by atoms with Crippen molar-refractivity contribution in [3.05, 3.63) is 59.2 Å². The zero-order valence-electron chi connectivity index (χ0n) is 21.5. The minimum Gasteiger partial charge on any atom is -0.493 e. The van der Waals surface area contributed by atoms with Gasteiger partial charge in [-0.15, -0.1) is 0 Å². The summed E-state index contributed by atoms with van der Waals surface area (Å²) in [5.74, 6) is 1.40. The Morgan fingerprint density at radius 1 is 1.06 bits per heavy atom. The molecule has 2 aromatic rings. The number of benzene rings is 2. The highest BCUT2D eigenvalue weighted by molar-refractivity contribution is 5.98. The summed E-state index contributed by atoms with van der Waals surface area (Å²) in [6.45, 7) is 4.16. The molecule has 1 saturated heterocycles. The van der Waals surface area contributed by atoms with Gasteiger partial charge < -0.3 is 24.3 Å². The third kappa shape index (κ3) is 5.84. The molecular weight excluding hydrogens is 458 g/mol. The maximum Gasteiger partial charge on any atom is 0.331 e. The van der Waals surface area contributed by atoms with Crippen molar-refractivity contribution in [3.8, 4) is 11.5 Å². The Labute approximate surface area is 213 Å². The van der Waals surface area contributed by atoms with Crippen molar-refractivity contribution >= 4 is 11.9 Å². The standard InChI is InChI=1S/C29H37NO6/c1-4-20-10-13-29(14-11-20,28(32)34-3)30-27(31)23-8-9-25(33-2)26(17-23)36-15-12-21-6-5-7-22(16-21)24-18-35-19-24/h5-9,16-17,20,24H,4,10-15,18-19H2,1-3H3,(H,30,31)/t20-,29+. The third-order valence-electron chi connectivity index (χ3n) is 7.60. The minimum atomic E-state index is -0.991. The summed E-state index contributed by atoms with van der Waals surface area (Å²) in [4.78, 5) is 25.9. The highest BCUT2D eigenvalue weighted by atomic mass is 16.5. The molecule has 7 nitrogen and oxygen atoms in total. The van der Waals surface area contributed by atoms with Crippen LogP contribution in [-0.2, 0) is 20.7 Å². The van der Waals surface area contributed by atoms with Crippen LogP contribution in [0.25, 0.3) is 0 Å². The Bertz CT molecular complexity index is 1060. The first-order chi connectivity index (χ1) is 17.5. The van der Waals surface area contributed by atoms with Crippen LogP contribution in [-0.4, -0.2) is 51.5 Å². The van der Waals surface area contributed by atoms with E-state index in [9.17, 15) is 9.59 Å². The molecule has 0 unspecified atom stereocenters. The van der Waals surface area contributed by atoms with Crippen LogP contribution in [0, 0.1) is 5.92 Å². The third-order valence-corrected chi connectivity index (χ3v) is 7.60. The van der Waals surface area contributed by atoms with Crippen LogP contribution in [0.4, 0.5) is 0 Å². The topological polar surface area (TPSA) is 83.1 Å². The second kappa shape index (κ2) is 11.8. The molecule has 2 aromatic carbocycles. The first-order valence-electron chi connectivity index (χ1n) is 12.9. The molecule has 1 aliphatic carbocycles. The maximum atomic E-state index is 13.2. The van der Waals surface area contributed by atoms with Gasteiger partial charge in [0.2, 0.25) is 0 Å². The van der Waals surface area contributed by atoms with Gasteiger partial charge in [-0.1, -0.05) is 37.6 Å². The molecule has 4 rings (SSSR count). The SMILES string of the molecule is CC[C@H]1CC[C@](NC(=O)c2ccc(OC)c(OCCc3cccc(C4COC4)c3)c2)(C(=O)OC)CC1. The van der Waals surface area contributed by atoms with Crippen molar-refractivity contribution in [2.45, 2.75) is 56.9 Å². The van der Waals surface area contributed by atoms with Gasteiger partial charge in [-0.25, -0.2) is 4.79 Å². The Kier molecular flexibility index (Phi) is 8.52. The fourth-order valence-corrected chi connectivity index (χ4v) is 5.08. The first-order valence-corrected chi connectivity index (χ1v) is 12.9. The van der Waals surface area contributed by atoms with Crippen LogP contribution in [0.2, 0.25) is 0 Å². The number of hydrogen-bond donors (Lipinski definition) is 1. The second-order valence-electron chi connectivity index (χ2n) is 9.82. The van der Waals surface area contributed by atoms with E-state index < -0.39 is 5.54 Å². The van der Waals surface area contributed by atoms with Gasteiger partial charge in [0.25, 0.3) is 5.91 Å². The van der Waals surface area contributed by atoms with Gasteiger partial charge in [-0.05, 0) is 60.9 Å². The van der Waals surface area contributed by atoms with Crippen LogP contribution < -0.4 is 14.8 Å². The highest BCUT2D eigenvalue weighted by Crippen LogP contribution is 2.35. The fraction of sp³-hybridized carbons (Fsp3) is 0.517. The van der Waals surface area contributed by atoms with Gasteiger partial charge in [0.1, 0.15) is 5.54 Å². The number of carbonyl (C=O) groups is 2. The highest BCUT2D eigenvalue weighted by Gasteiger charge is 2.44. The maximum absolute atomic E-state index is 13.2. The number of rotatable bonds is 10. The largest absolute Gasteiger partial charge is 0.493 e. The number of esters is 1. The summed E-state index contributed by atoms with van der Waals surface area (Å²) in [5, 5.41) is 3.00. The summed E-state index contributed by atoms with van der Waals surface area (Å²) in [6.07, 6.45) is 4.73. The number of methoxy groups -OCH3 is 2. The van der Waals surface area contributed by atoms with E-state index in [-0.39, 0.29) is 11.9 Å². The molecule has 1 amide bonds. The molecule has 2 aliphatic rings. The van der Waals surface area contributed by atoms with E-state index in [0.717, 1.165) is 38.9 Å². The molecule has 194 valence electrons. The normalized spacial score (nSPS) is 21.8. The molecule has 2 fully saturated rings. The van der Waals surface area contributed by atoms with Crippen molar-refractivity contribution in [3.63, 3.8) is 0 Å². The van der Waals surface area contributed by atoms with E-state index in [0.29, 0.717) is 48.3 Å². The lowest BCUT2D eigenvalue weighted by Crippen LogP contribution is -2.56. The molecule has 1 aliphatic heterocycles. The van der Waals surface area contributed by atoms with Crippen molar-refractivity contribution < 1.29 is 28.5 Å². The molecule has 7 heteroatoms. The Morgan fingerprint density at radius 3 is 2.47 bits per heavy atom. The smallest absolute Gasteiger partial charge is 0.331 e. The lowest BCUT2D eigenvalue weighted by molar-refractivity contribution is -0.150. The minimum absolute atomic E-state index is 0.321. The van der Waals surface area contributed by atoms with E-state index >= 15 is 0 Å². The number of hydrogen-bond acceptors (Lipinski definition) is 6. The van der Waals surface area contributed by atoms with Gasteiger partial charge in [0.15, 0.2) is 11.5 Å². The summed E-state index contributed by atoms with van der Waals surface area (Å²) in [5.41, 5.74) is 1.91. The zero-order chi connectivity index (χ0) is 25.5. The lowest BCUT2D eigenvalue weighted by atomic mass is 9.75. The van der Waals surface area contributed by atoms with Crippen LogP contribution in [0.1, 0.15) is 66.4 Å². The Morgan fingerprint density at radius 2 is 1.83 bits per heavy atom. The molecular formula is C29H37NO6. The summed E-state index contributed by atoms with van der Waals surface area (Å²) in [7, 11) is 2.95. The van der Waals surface area contributed by atoms with Gasteiger partial charge in [-0.3, -0.25) is 4.79 Å². The van der Waals surface area contributed by atoms with Crippen LogP contribution in [0.15, 0.2) is 42.5 Å². The molecule has 36 heavy (non-hydrogen) atoms. The molecule has 0 bridgehead atoms. The van der Waals surface area contributed by atoms with Gasteiger partial charge >= 0.3 is 5.97 Å². The number of amides is 1. The first kappa shape index (κ1) is 26.0. The van der Waals surface area contributed by atoms with Gasteiger partial charge in [0, 0.05) is 17.9 Å². The average Bonchev–Trinajstić information content (AvgIpc) is 2.87. The van der Waals surface area contributed by atoms with E-state index in [1.807, 2.05) is 0 Å². The van der Waals surface area contributed by atoms with Crippen LogP contribution in [0.5, 0.6) is 11.5 Å². The van der Waals surface area contributed by atoms with Crippen molar-refractivity contribution in [2.24, 2.45) is 5.92 Å². The lowest BCUT2D eigenvalue weighted by Gasteiger charge is -2.38. The van der Waals surface area contributed by atoms with Gasteiger partial charge in [0.05, 0.1) is 34.0 Å². The Hall–Kier alpha value is -3.06. The molecule has 1 N–H and O–H groups in total. The number of ether oxygens (including phenoxy) is 4. The molecule has 0 radical (unpaired) electrons. The zero-order valence-corrected chi connectivity index (χ0v) is 21.5. The molecule has 0 aromatic heterocycles. The Balaban J connectivity index is 1.42. The quantitative estimate of drug-likeness (QED) is 0.482. The van der Waals surface area contributed by atoms with Crippen LogP contribution >= 0.6 is 0 Å².